The van der Waals surface area contributed by atoms with Crippen molar-refractivity contribution in [2.24, 2.45) is 10.8 Å². The zero-order valence-corrected chi connectivity index (χ0v) is 25.7. The molecule has 0 amide bonds. The topological polar surface area (TPSA) is 29.5 Å². The lowest BCUT2D eigenvalue weighted by Crippen LogP contribution is -2.43. The van der Waals surface area contributed by atoms with Gasteiger partial charge >= 0.3 is 0 Å². The number of phenolic OH excluding ortho intramolecular Hbond substituents is 1. The molecule has 6 rings (SSSR count). The predicted octanol–water partition coefficient (Wildman–Crippen LogP) is 11.0. The lowest BCUT2D eigenvalue weighted by molar-refractivity contribution is 0.0645. The first-order valence-electron chi connectivity index (χ1n) is 15.3. The van der Waals surface area contributed by atoms with E-state index >= 15 is 0 Å². The summed E-state index contributed by atoms with van der Waals surface area (Å²) in [6.45, 7) is 14.3. The maximum atomic E-state index is 11.6. The molecule has 208 valence electrons. The van der Waals surface area contributed by atoms with Crippen molar-refractivity contribution in [2.45, 2.75) is 121 Å². The van der Waals surface area contributed by atoms with Gasteiger partial charge in [-0.2, -0.15) is 0 Å². The van der Waals surface area contributed by atoms with Gasteiger partial charge in [0.15, 0.2) is 4.93 Å². The number of thioether (sulfide) groups is 1. The van der Waals surface area contributed by atoms with Crippen LogP contribution in [0.2, 0.25) is 0 Å². The molecule has 2 nitrogen and oxygen atoms in total. The van der Waals surface area contributed by atoms with E-state index in [4.69, 9.17) is 4.74 Å². The highest BCUT2D eigenvalue weighted by molar-refractivity contribution is 8.00. The van der Waals surface area contributed by atoms with Crippen LogP contribution in [0.1, 0.15) is 117 Å². The molecule has 1 fully saturated rings. The molecule has 1 heterocycles. The minimum atomic E-state index is -0.180. The highest BCUT2D eigenvalue weighted by atomic mass is 32.2. The van der Waals surface area contributed by atoms with E-state index in [1.807, 2.05) is 11.8 Å². The summed E-state index contributed by atoms with van der Waals surface area (Å²) in [7, 11) is 0. The first-order valence-corrected chi connectivity index (χ1v) is 16.2. The van der Waals surface area contributed by atoms with Gasteiger partial charge in [0.25, 0.3) is 0 Å². The van der Waals surface area contributed by atoms with Gasteiger partial charge in [-0.25, -0.2) is 0 Å². The molecule has 1 saturated carbocycles. The van der Waals surface area contributed by atoms with Crippen molar-refractivity contribution in [1.29, 1.82) is 0 Å². The fourth-order valence-electron chi connectivity index (χ4n) is 8.84. The molecule has 1 atom stereocenters. The second kappa shape index (κ2) is 9.47. The molecule has 1 N–H and O–H groups in total. The second-order valence-corrected chi connectivity index (χ2v) is 15.7. The first kappa shape index (κ1) is 27.1. The molecular formula is C36H46O2S. The Morgan fingerprint density at radius 1 is 0.795 bits per heavy atom. The van der Waals surface area contributed by atoms with E-state index in [-0.39, 0.29) is 21.2 Å². The zero-order chi connectivity index (χ0) is 27.6. The largest absolute Gasteiger partial charge is 0.507 e. The molecule has 0 radical (unpaired) electrons. The fraction of sp³-hybridized carbons (Fsp3) is 0.556. The van der Waals surface area contributed by atoms with E-state index in [0.29, 0.717) is 5.75 Å². The van der Waals surface area contributed by atoms with Crippen molar-refractivity contribution in [3.8, 4) is 22.6 Å². The number of phenols is 1. The highest BCUT2D eigenvalue weighted by Gasteiger charge is 2.54. The van der Waals surface area contributed by atoms with Crippen LogP contribution in [0.15, 0.2) is 47.4 Å². The Balaban J connectivity index is 1.53. The molecule has 0 aromatic heterocycles. The van der Waals surface area contributed by atoms with Gasteiger partial charge in [0.1, 0.15) is 11.5 Å². The van der Waals surface area contributed by atoms with Crippen LogP contribution in [0.3, 0.4) is 0 Å². The van der Waals surface area contributed by atoms with Gasteiger partial charge in [0.05, 0.1) is 4.90 Å². The summed E-state index contributed by atoms with van der Waals surface area (Å²) in [6.07, 6.45) is 11.6. The van der Waals surface area contributed by atoms with E-state index in [2.05, 4.69) is 84.0 Å². The smallest absolute Gasteiger partial charge is 0.159 e. The molecule has 0 saturated heterocycles. The van der Waals surface area contributed by atoms with E-state index in [1.165, 1.54) is 65.7 Å². The lowest BCUT2D eigenvalue weighted by atomic mass is 9.52. The second-order valence-electron chi connectivity index (χ2n) is 14.3. The van der Waals surface area contributed by atoms with Crippen LogP contribution in [0.5, 0.6) is 11.5 Å². The number of hydrogen-bond acceptors (Lipinski definition) is 3. The van der Waals surface area contributed by atoms with Crippen molar-refractivity contribution in [1.82, 2.24) is 0 Å². The average molecular weight is 543 g/mol. The fourth-order valence-corrected chi connectivity index (χ4v) is 10.2. The summed E-state index contributed by atoms with van der Waals surface area (Å²) < 4.78 is 6.92. The number of aromatic hydroxyl groups is 1. The molecule has 2 aliphatic carbocycles. The quantitative estimate of drug-likeness (QED) is 0.301. The number of benzene rings is 3. The van der Waals surface area contributed by atoms with Crippen molar-refractivity contribution < 1.29 is 9.84 Å². The van der Waals surface area contributed by atoms with Gasteiger partial charge in [-0.3, -0.25) is 0 Å². The molecule has 3 aliphatic rings. The maximum Gasteiger partial charge on any atom is 0.159 e. The van der Waals surface area contributed by atoms with Crippen LogP contribution in [-0.2, 0) is 5.41 Å². The Morgan fingerprint density at radius 2 is 1.49 bits per heavy atom. The maximum absolute atomic E-state index is 11.6. The summed E-state index contributed by atoms with van der Waals surface area (Å²) in [6, 6.07) is 15.7. The molecule has 3 aromatic rings. The molecule has 3 aromatic carbocycles. The van der Waals surface area contributed by atoms with Gasteiger partial charge in [-0.05, 0) is 102 Å². The lowest BCUT2D eigenvalue weighted by Gasteiger charge is -2.51. The van der Waals surface area contributed by atoms with E-state index in [9.17, 15) is 5.11 Å². The third-order valence-corrected chi connectivity index (χ3v) is 11.0. The third-order valence-electron chi connectivity index (χ3n) is 9.59. The van der Waals surface area contributed by atoms with E-state index in [0.717, 1.165) is 42.2 Å². The van der Waals surface area contributed by atoms with Crippen LogP contribution in [0.4, 0.5) is 0 Å². The SMILES string of the molecule is CCCCCC1(CCCC)Oc2cc3c4c(cc(O)c3cc2S1)C1(CC(C)(C)CC(C)(C)C1)c1ccccc1-4. The van der Waals surface area contributed by atoms with Crippen molar-refractivity contribution >= 4 is 22.5 Å². The summed E-state index contributed by atoms with van der Waals surface area (Å²) >= 11 is 1.90. The summed E-state index contributed by atoms with van der Waals surface area (Å²) in [5.41, 5.74) is 5.78. The van der Waals surface area contributed by atoms with Crippen molar-refractivity contribution in [3.05, 3.63) is 53.6 Å². The first-order chi connectivity index (χ1) is 18.5. The van der Waals surface area contributed by atoms with Crippen LogP contribution in [0, 0.1) is 10.8 Å². The van der Waals surface area contributed by atoms with Gasteiger partial charge in [0.2, 0.25) is 0 Å². The Morgan fingerprint density at radius 3 is 2.21 bits per heavy atom. The Kier molecular flexibility index (Phi) is 6.57. The molecule has 1 spiro atoms. The number of hydrogen-bond donors (Lipinski definition) is 1. The van der Waals surface area contributed by atoms with Gasteiger partial charge in [0, 0.05) is 10.8 Å². The molecule has 1 aliphatic heterocycles. The number of ether oxygens (including phenoxy) is 1. The molecule has 1 unspecified atom stereocenters. The van der Waals surface area contributed by atoms with Crippen LogP contribution < -0.4 is 4.74 Å². The monoisotopic (exact) mass is 542 g/mol. The summed E-state index contributed by atoms with van der Waals surface area (Å²) in [4.78, 5) is 1.01. The van der Waals surface area contributed by atoms with Crippen molar-refractivity contribution in [3.63, 3.8) is 0 Å². The third kappa shape index (κ3) is 4.48. The average Bonchev–Trinajstić information content (AvgIpc) is 3.33. The van der Waals surface area contributed by atoms with E-state index in [1.54, 1.807) is 0 Å². The van der Waals surface area contributed by atoms with Crippen LogP contribution in [-0.4, -0.2) is 10.0 Å². The van der Waals surface area contributed by atoms with Crippen LogP contribution >= 0.6 is 11.8 Å². The van der Waals surface area contributed by atoms with Gasteiger partial charge < -0.3 is 9.84 Å². The number of fused-ring (bicyclic) bond motifs is 8. The highest BCUT2D eigenvalue weighted by Crippen LogP contribution is 2.65. The Bertz CT molecular complexity index is 1400. The Hall–Kier alpha value is -2.13. The predicted molar refractivity (Wildman–Crippen MR) is 166 cm³/mol. The van der Waals surface area contributed by atoms with Crippen LogP contribution in [0.25, 0.3) is 21.9 Å². The minimum Gasteiger partial charge on any atom is -0.507 e. The zero-order valence-electron chi connectivity index (χ0n) is 24.9. The Labute approximate surface area is 239 Å². The van der Waals surface area contributed by atoms with Crippen molar-refractivity contribution in [2.75, 3.05) is 0 Å². The standard InChI is InChI=1S/C36H46O2S/c1-7-9-13-17-36(16-10-8-2)38-30-18-26-25(19-31(30)39-36)29(37)20-28-32(26)24-14-11-12-15-27(24)35(28)22-33(3,4)21-34(5,6)23-35/h11-12,14-15,18-20,37H,7-10,13,16-17,21-23H2,1-6H3. The molecule has 0 bridgehead atoms. The van der Waals surface area contributed by atoms with Gasteiger partial charge in [-0.1, -0.05) is 96.8 Å². The van der Waals surface area contributed by atoms with Gasteiger partial charge in [-0.15, -0.1) is 0 Å². The molecule has 3 heteroatoms. The minimum absolute atomic E-state index is 0.0808. The molecular weight excluding hydrogens is 496 g/mol. The number of unbranched alkanes of at least 4 members (excludes halogenated alkanes) is 3. The summed E-state index contributed by atoms with van der Waals surface area (Å²) in [5.74, 6) is 1.42. The number of rotatable bonds is 7. The normalized spacial score (nSPS) is 23.4. The summed E-state index contributed by atoms with van der Waals surface area (Å²) in [5, 5.41) is 13.7. The molecule has 39 heavy (non-hydrogen) atoms. The van der Waals surface area contributed by atoms with E-state index < -0.39 is 0 Å².